The third kappa shape index (κ3) is 6.02. The molecular weight excluding hydrogens is 590 g/mol. The number of ether oxygens (including phenoxy) is 2. The Hall–Kier alpha value is -3.28. The zero-order valence-electron chi connectivity index (χ0n) is 27.4. The molecule has 11 heteroatoms. The van der Waals surface area contributed by atoms with Crippen LogP contribution < -0.4 is 14.9 Å². The van der Waals surface area contributed by atoms with Gasteiger partial charge in [-0.3, -0.25) is 4.79 Å². The first-order valence-electron chi connectivity index (χ1n) is 16.1. The maximum Gasteiger partial charge on any atom is 0.548 e. The largest absolute Gasteiger partial charge is 0.548 e. The molecule has 2 aromatic rings. The molecule has 4 aliphatic rings. The highest BCUT2D eigenvalue weighted by molar-refractivity contribution is 7.99. The molecule has 2 aromatic carbocycles. The van der Waals surface area contributed by atoms with Gasteiger partial charge in [-0.05, 0) is 72.6 Å². The van der Waals surface area contributed by atoms with E-state index in [1.165, 1.54) is 0 Å². The molecule has 4 heterocycles. The average molecular weight is 637 g/mol. The van der Waals surface area contributed by atoms with Crippen LogP contribution >= 0.6 is 11.8 Å². The molecule has 0 bridgehead atoms. The number of nitrogens with zero attached hydrogens (tertiary/aromatic N) is 4. The number of anilines is 2. The van der Waals surface area contributed by atoms with Gasteiger partial charge in [-0.2, -0.15) is 9.80 Å². The Labute approximate surface area is 270 Å². The van der Waals surface area contributed by atoms with Crippen LogP contribution in [0.2, 0.25) is 0 Å². The number of likely N-dealkylation sites (tertiary alicyclic amines) is 2. The Morgan fingerprint density at radius 3 is 2.24 bits per heavy atom. The van der Waals surface area contributed by atoms with E-state index in [0.29, 0.717) is 18.7 Å². The second-order valence-electron chi connectivity index (χ2n) is 14.4. The zero-order valence-corrected chi connectivity index (χ0v) is 28.2. The molecule has 45 heavy (non-hydrogen) atoms. The van der Waals surface area contributed by atoms with Crippen molar-refractivity contribution < 1.29 is 23.9 Å². The third-order valence-electron chi connectivity index (χ3n) is 8.76. The molecule has 2 fully saturated rings. The molecule has 0 spiro atoms. The van der Waals surface area contributed by atoms with E-state index < -0.39 is 17.3 Å². The van der Waals surface area contributed by atoms with Crippen molar-refractivity contribution >= 4 is 46.9 Å². The normalized spacial score (nSPS) is 21.5. The molecule has 0 radical (unpaired) electrons. The molecule has 0 saturated carbocycles. The van der Waals surface area contributed by atoms with Gasteiger partial charge in [0.15, 0.2) is 11.4 Å². The SMILES string of the molecule is CC(C)(C)OC(=O)NCCN1CCC([N+]2(C(=O)OC(C)(C)C)c3cc(C(=O)N4CCCC4)cc4c3N2c2ccccc2S4)CC1. The van der Waals surface area contributed by atoms with Gasteiger partial charge >= 0.3 is 12.2 Å². The monoisotopic (exact) mass is 636 g/mol. The van der Waals surface area contributed by atoms with Gasteiger partial charge in [0.2, 0.25) is 0 Å². The van der Waals surface area contributed by atoms with E-state index in [-0.39, 0.29) is 22.6 Å². The lowest BCUT2D eigenvalue weighted by Gasteiger charge is -2.57. The van der Waals surface area contributed by atoms with Crippen molar-refractivity contribution in [3.05, 3.63) is 42.0 Å². The number of rotatable bonds is 5. The van der Waals surface area contributed by atoms with Crippen LogP contribution in [0.25, 0.3) is 0 Å². The van der Waals surface area contributed by atoms with Crippen LogP contribution in [-0.2, 0) is 9.47 Å². The molecule has 2 saturated heterocycles. The van der Waals surface area contributed by atoms with Gasteiger partial charge < -0.3 is 24.6 Å². The molecule has 4 aliphatic heterocycles. The number of fused-ring (bicyclic) bond motifs is 2. The Morgan fingerprint density at radius 1 is 0.911 bits per heavy atom. The Bertz CT molecular complexity index is 1490. The van der Waals surface area contributed by atoms with Crippen molar-refractivity contribution in [1.82, 2.24) is 19.7 Å². The highest BCUT2D eigenvalue weighted by atomic mass is 32.2. The average Bonchev–Trinajstić information content (AvgIpc) is 3.49. The van der Waals surface area contributed by atoms with Crippen molar-refractivity contribution in [2.24, 2.45) is 0 Å². The van der Waals surface area contributed by atoms with Gasteiger partial charge in [0.05, 0.1) is 0 Å². The fourth-order valence-corrected chi connectivity index (χ4v) is 8.00. The maximum absolute atomic E-state index is 14.7. The fourth-order valence-electron chi connectivity index (χ4n) is 6.89. The lowest BCUT2D eigenvalue weighted by Crippen LogP contribution is -2.76. The molecular formula is C34H46N5O5S+. The number of carbonyl (C=O) groups excluding carboxylic acids is 3. The minimum Gasteiger partial charge on any atom is -0.444 e. The number of hydrogen-bond acceptors (Lipinski definition) is 8. The van der Waals surface area contributed by atoms with E-state index in [2.05, 4.69) is 27.4 Å². The van der Waals surface area contributed by atoms with Gasteiger partial charge in [0, 0.05) is 73.5 Å². The first-order chi connectivity index (χ1) is 21.3. The molecule has 3 amide bonds. The lowest BCUT2D eigenvalue weighted by molar-refractivity contribution is 0.00428. The third-order valence-corrected chi connectivity index (χ3v) is 9.85. The predicted octanol–water partition coefficient (Wildman–Crippen LogP) is 6.69. The summed E-state index contributed by atoms with van der Waals surface area (Å²) in [4.78, 5) is 46.8. The van der Waals surface area contributed by atoms with Crippen molar-refractivity contribution in [1.29, 1.82) is 0 Å². The van der Waals surface area contributed by atoms with E-state index >= 15 is 0 Å². The van der Waals surface area contributed by atoms with E-state index in [0.717, 1.165) is 78.7 Å². The van der Waals surface area contributed by atoms with Crippen molar-refractivity contribution in [2.75, 3.05) is 44.3 Å². The number of quaternary nitrogens is 1. The summed E-state index contributed by atoms with van der Waals surface area (Å²) in [5.74, 6) is 0.0269. The first-order valence-corrected chi connectivity index (χ1v) is 17.0. The summed E-state index contributed by atoms with van der Waals surface area (Å²) in [5, 5.41) is 5.03. The van der Waals surface area contributed by atoms with E-state index in [9.17, 15) is 14.4 Å². The first kappa shape index (κ1) is 31.7. The summed E-state index contributed by atoms with van der Waals surface area (Å²) in [6.07, 6.45) is 2.79. The molecule has 242 valence electrons. The molecule has 0 aliphatic carbocycles. The number of alkyl carbamates (subject to hydrolysis) is 1. The van der Waals surface area contributed by atoms with Crippen molar-refractivity contribution in [3.8, 4) is 0 Å². The molecule has 0 aromatic heterocycles. The summed E-state index contributed by atoms with van der Waals surface area (Å²) < 4.78 is 11.5. The van der Waals surface area contributed by atoms with Gasteiger partial charge in [-0.25, -0.2) is 4.79 Å². The van der Waals surface area contributed by atoms with Crippen LogP contribution in [0.5, 0.6) is 0 Å². The summed E-state index contributed by atoms with van der Waals surface area (Å²) in [5.41, 5.74) is 2.22. The Balaban J connectivity index is 1.33. The smallest absolute Gasteiger partial charge is 0.444 e. The van der Waals surface area contributed by atoms with Crippen LogP contribution in [0, 0.1) is 0 Å². The van der Waals surface area contributed by atoms with E-state index in [4.69, 9.17) is 9.47 Å². The fraction of sp³-hybridized carbons (Fsp3) is 0.559. The maximum atomic E-state index is 14.7. The topological polar surface area (TPSA) is 91.4 Å². The quantitative estimate of drug-likeness (QED) is 0.364. The second-order valence-corrected chi connectivity index (χ2v) is 15.5. The number of hydrogen-bond donors (Lipinski definition) is 1. The Morgan fingerprint density at radius 2 is 1.58 bits per heavy atom. The highest BCUT2D eigenvalue weighted by Gasteiger charge is 2.67. The summed E-state index contributed by atoms with van der Waals surface area (Å²) in [7, 11) is 0. The minimum absolute atomic E-state index is 0.0269. The van der Waals surface area contributed by atoms with Crippen LogP contribution in [0.3, 0.4) is 0 Å². The number of amides is 3. The van der Waals surface area contributed by atoms with Gasteiger partial charge in [-0.15, -0.1) is 0 Å². The van der Waals surface area contributed by atoms with E-state index in [1.54, 1.807) is 11.8 Å². The van der Waals surface area contributed by atoms with Crippen molar-refractivity contribution in [2.45, 2.75) is 94.3 Å². The number of benzene rings is 2. The highest BCUT2D eigenvalue weighted by Crippen LogP contribution is 2.64. The number of carbonyl (C=O) groups is 3. The number of para-hydroxylation sites is 1. The van der Waals surface area contributed by atoms with Crippen molar-refractivity contribution in [3.63, 3.8) is 0 Å². The van der Waals surface area contributed by atoms with Gasteiger partial charge in [0.25, 0.3) is 5.91 Å². The van der Waals surface area contributed by atoms with Gasteiger partial charge in [0.1, 0.15) is 22.9 Å². The minimum atomic E-state index is -0.692. The molecule has 1 N–H and O–H groups in total. The van der Waals surface area contributed by atoms with Crippen LogP contribution in [0.4, 0.5) is 26.7 Å². The number of nitrogens with one attached hydrogen (secondary N) is 1. The van der Waals surface area contributed by atoms with E-state index in [1.807, 2.05) is 70.7 Å². The second kappa shape index (κ2) is 11.8. The molecule has 1 unspecified atom stereocenters. The summed E-state index contributed by atoms with van der Waals surface area (Å²) in [6.45, 7) is 15.5. The van der Waals surface area contributed by atoms with Crippen LogP contribution in [0.1, 0.15) is 77.6 Å². The molecule has 6 rings (SSSR count). The molecule has 10 nitrogen and oxygen atoms in total. The molecule has 1 atom stereocenters. The summed E-state index contributed by atoms with van der Waals surface area (Å²) in [6, 6.07) is 12.1. The Kier molecular flexibility index (Phi) is 8.33. The lowest BCUT2D eigenvalue weighted by atomic mass is 9.95. The standard InChI is InChI=1S/C34H45N5O5S/c1-33(2,3)43-31(41)35-15-20-36-18-13-24(14-19-36)39(32(42)44-34(4,5)6)26-21-23(30(40)37-16-9-10-17-37)22-28-29(26)38(39)25-11-7-8-12-27(25)45-28/h7-8,11-12,21-22,24H,9-10,13-20H2,1-6H3/p+1. The summed E-state index contributed by atoms with van der Waals surface area (Å²) >= 11 is 1.66. The van der Waals surface area contributed by atoms with Gasteiger partial charge in [-0.1, -0.05) is 28.5 Å². The predicted molar refractivity (Wildman–Crippen MR) is 176 cm³/mol. The van der Waals surface area contributed by atoms with Crippen LogP contribution in [-0.4, -0.2) is 84.4 Å². The van der Waals surface area contributed by atoms with Crippen LogP contribution in [0.15, 0.2) is 46.2 Å². The zero-order chi connectivity index (χ0) is 32.1. The number of piperidine rings is 1.